The molecule has 0 fully saturated rings. The summed E-state index contributed by atoms with van der Waals surface area (Å²) in [6, 6.07) is 7.84. The molecule has 0 spiro atoms. The van der Waals surface area contributed by atoms with Crippen molar-refractivity contribution in [1.29, 1.82) is 0 Å². The summed E-state index contributed by atoms with van der Waals surface area (Å²) in [6.45, 7) is 9.90. The van der Waals surface area contributed by atoms with Crippen LogP contribution in [0.1, 0.15) is 27.2 Å². The molecule has 1 atom stereocenters. The Bertz CT molecular complexity index is 311. The van der Waals surface area contributed by atoms with Crippen molar-refractivity contribution in [3.05, 3.63) is 24.3 Å². The van der Waals surface area contributed by atoms with Crippen LogP contribution in [0.2, 0.25) is 0 Å². The summed E-state index contributed by atoms with van der Waals surface area (Å²) in [5.41, 5.74) is 0. The van der Waals surface area contributed by atoms with E-state index in [1.165, 1.54) is 0 Å². The molecule has 1 N–H and O–H groups in total. The van der Waals surface area contributed by atoms with E-state index in [9.17, 15) is 0 Å². The fraction of sp³-hybridized carbons (Fsp3) is 0.600. The van der Waals surface area contributed by atoms with Crippen molar-refractivity contribution in [2.24, 2.45) is 5.92 Å². The minimum absolute atomic E-state index is 0.515. The molecular weight excluding hydrogens is 226 g/mol. The van der Waals surface area contributed by atoms with Gasteiger partial charge in [0.15, 0.2) is 0 Å². The van der Waals surface area contributed by atoms with Gasteiger partial charge in [0, 0.05) is 12.5 Å². The summed E-state index contributed by atoms with van der Waals surface area (Å²) in [7, 11) is 0. The molecule has 0 aliphatic heterocycles. The topological polar surface area (TPSA) is 30.5 Å². The molecule has 0 amide bonds. The highest BCUT2D eigenvalue weighted by Crippen LogP contribution is 2.18. The van der Waals surface area contributed by atoms with E-state index in [1.807, 2.05) is 24.3 Å². The van der Waals surface area contributed by atoms with E-state index in [-0.39, 0.29) is 0 Å². The Hall–Kier alpha value is -1.22. The fourth-order valence-corrected chi connectivity index (χ4v) is 1.54. The van der Waals surface area contributed by atoms with Gasteiger partial charge in [-0.3, -0.25) is 0 Å². The molecule has 1 aromatic rings. The number of rotatable bonds is 9. The van der Waals surface area contributed by atoms with Crippen LogP contribution >= 0.6 is 0 Å². The summed E-state index contributed by atoms with van der Waals surface area (Å²) in [5.74, 6) is 2.33. The predicted octanol–water partition coefficient (Wildman–Crippen LogP) is 3.10. The SMILES string of the molecule is CCCOc1ccc(OCC(C)CNCC)cc1. The summed E-state index contributed by atoms with van der Waals surface area (Å²) in [6.07, 6.45) is 1.03. The summed E-state index contributed by atoms with van der Waals surface area (Å²) in [5, 5.41) is 3.32. The molecule has 0 aliphatic rings. The first kappa shape index (κ1) is 14.8. The largest absolute Gasteiger partial charge is 0.494 e. The van der Waals surface area contributed by atoms with E-state index in [0.29, 0.717) is 5.92 Å². The zero-order valence-corrected chi connectivity index (χ0v) is 11.7. The molecule has 1 unspecified atom stereocenters. The van der Waals surface area contributed by atoms with Crippen LogP contribution in [-0.4, -0.2) is 26.3 Å². The van der Waals surface area contributed by atoms with Gasteiger partial charge in [-0.1, -0.05) is 20.8 Å². The van der Waals surface area contributed by atoms with Crippen molar-refractivity contribution < 1.29 is 9.47 Å². The molecule has 0 radical (unpaired) electrons. The quantitative estimate of drug-likeness (QED) is 0.731. The minimum atomic E-state index is 0.515. The average Bonchev–Trinajstić information content (AvgIpc) is 2.41. The monoisotopic (exact) mass is 251 g/mol. The lowest BCUT2D eigenvalue weighted by Gasteiger charge is -2.13. The maximum absolute atomic E-state index is 5.73. The molecular formula is C15H25NO2. The lowest BCUT2D eigenvalue weighted by atomic mass is 10.2. The maximum Gasteiger partial charge on any atom is 0.119 e. The molecule has 0 heterocycles. The van der Waals surface area contributed by atoms with Gasteiger partial charge in [-0.05, 0) is 37.2 Å². The second-order valence-corrected chi connectivity index (χ2v) is 4.54. The molecule has 102 valence electrons. The maximum atomic E-state index is 5.73. The molecule has 0 saturated carbocycles. The van der Waals surface area contributed by atoms with Crippen molar-refractivity contribution >= 4 is 0 Å². The number of ether oxygens (including phenoxy) is 2. The van der Waals surface area contributed by atoms with Crippen LogP contribution in [0, 0.1) is 5.92 Å². The highest BCUT2D eigenvalue weighted by atomic mass is 16.5. The van der Waals surface area contributed by atoms with E-state index in [1.54, 1.807) is 0 Å². The summed E-state index contributed by atoms with van der Waals surface area (Å²) in [4.78, 5) is 0. The Morgan fingerprint density at radius 3 is 2.22 bits per heavy atom. The Morgan fingerprint density at radius 1 is 1.06 bits per heavy atom. The number of nitrogens with one attached hydrogen (secondary N) is 1. The van der Waals surface area contributed by atoms with E-state index >= 15 is 0 Å². The Kier molecular flexibility index (Phi) is 7.26. The molecule has 1 aromatic carbocycles. The van der Waals surface area contributed by atoms with Gasteiger partial charge in [-0.15, -0.1) is 0 Å². The molecule has 0 aliphatic carbocycles. The van der Waals surface area contributed by atoms with Crippen LogP contribution in [0.4, 0.5) is 0 Å². The number of hydrogen-bond acceptors (Lipinski definition) is 3. The molecule has 3 heteroatoms. The zero-order chi connectivity index (χ0) is 13.2. The van der Waals surface area contributed by atoms with Crippen molar-refractivity contribution in [3.8, 4) is 11.5 Å². The standard InChI is InChI=1S/C15H25NO2/c1-4-10-17-14-6-8-15(9-7-14)18-12-13(3)11-16-5-2/h6-9,13,16H,4-5,10-12H2,1-3H3. The van der Waals surface area contributed by atoms with Crippen molar-refractivity contribution in [2.45, 2.75) is 27.2 Å². The number of hydrogen-bond donors (Lipinski definition) is 1. The van der Waals surface area contributed by atoms with Gasteiger partial charge in [-0.2, -0.15) is 0 Å². The molecule has 18 heavy (non-hydrogen) atoms. The number of benzene rings is 1. The minimum Gasteiger partial charge on any atom is -0.494 e. The lowest BCUT2D eigenvalue weighted by molar-refractivity contribution is 0.255. The normalized spacial score (nSPS) is 12.2. The van der Waals surface area contributed by atoms with Crippen molar-refractivity contribution in [3.63, 3.8) is 0 Å². The third-order valence-electron chi connectivity index (χ3n) is 2.57. The van der Waals surface area contributed by atoms with Crippen molar-refractivity contribution in [1.82, 2.24) is 5.32 Å². The van der Waals surface area contributed by atoms with Gasteiger partial charge >= 0.3 is 0 Å². The second kappa shape index (κ2) is 8.81. The van der Waals surface area contributed by atoms with Crippen LogP contribution in [0.15, 0.2) is 24.3 Å². The molecule has 0 bridgehead atoms. The first-order chi connectivity index (χ1) is 8.76. The van der Waals surface area contributed by atoms with Crippen molar-refractivity contribution in [2.75, 3.05) is 26.3 Å². The van der Waals surface area contributed by atoms with Crippen LogP contribution in [0.5, 0.6) is 11.5 Å². The third kappa shape index (κ3) is 5.92. The zero-order valence-electron chi connectivity index (χ0n) is 11.7. The summed E-state index contributed by atoms with van der Waals surface area (Å²) >= 11 is 0. The van der Waals surface area contributed by atoms with E-state index in [0.717, 1.165) is 44.2 Å². The first-order valence-electron chi connectivity index (χ1n) is 6.82. The van der Waals surface area contributed by atoms with E-state index < -0.39 is 0 Å². The lowest BCUT2D eigenvalue weighted by Crippen LogP contribution is -2.24. The van der Waals surface area contributed by atoms with E-state index in [2.05, 4.69) is 26.1 Å². The fourth-order valence-electron chi connectivity index (χ4n) is 1.54. The van der Waals surface area contributed by atoms with E-state index in [4.69, 9.17) is 9.47 Å². The molecule has 3 nitrogen and oxygen atoms in total. The van der Waals surface area contributed by atoms with Gasteiger partial charge in [0.1, 0.15) is 11.5 Å². The van der Waals surface area contributed by atoms with Gasteiger partial charge < -0.3 is 14.8 Å². The first-order valence-corrected chi connectivity index (χ1v) is 6.82. The van der Waals surface area contributed by atoms with Gasteiger partial charge in [-0.25, -0.2) is 0 Å². The molecule has 0 saturated heterocycles. The van der Waals surface area contributed by atoms with Crippen LogP contribution in [0.3, 0.4) is 0 Å². The third-order valence-corrected chi connectivity index (χ3v) is 2.57. The Balaban J connectivity index is 2.30. The molecule has 1 rings (SSSR count). The van der Waals surface area contributed by atoms with Crippen LogP contribution in [-0.2, 0) is 0 Å². The highest BCUT2D eigenvalue weighted by Gasteiger charge is 2.02. The molecule has 0 aromatic heterocycles. The second-order valence-electron chi connectivity index (χ2n) is 4.54. The predicted molar refractivity (Wildman–Crippen MR) is 75.4 cm³/mol. The Morgan fingerprint density at radius 2 is 1.67 bits per heavy atom. The van der Waals surface area contributed by atoms with Crippen LogP contribution < -0.4 is 14.8 Å². The summed E-state index contributed by atoms with van der Waals surface area (Å²) < 4.78 is 11.3. The van der Waals surface area contributed by atoms with Gasteiger partial charge in [0.25, 0.3) is 0 Å². The van der Waals surface area contributed by atoms with Crippen LogP contribution in [0.25, 0.3) is 0 Å². The van der Waals surface area contributed by atoms with Gasteiger partial charge in [0.05, 0.1) is 13.2 Å². The average molecular weight is 251 g/mol. The smallest absolute Gasteiger partial charge is 0.119 e. The van der Waals surface area contributed by atoms with Gasteiger partial charge in [0.2, 0.25) is 0 Å². The highest BCUT2D eigenvalue weighted by molar-refractivity contribution is 5.31. The Labute approximate surface area is 110 Å².